The average Bonchev–Trinajstić information content (AvgIpc) is 2.60. The summed E-state index contributed by atoms with van der Waals surface area (Å²) < 4.78 is 0. The normalized spacial score (nSPS) is 14.1. The Balaban J connectivity index is 2.69. The van der Waals surface area contributed by atoms with Crippen LogP contribution in [0.25, 0.3) is 0 Å². The second-order valence-electron chi connectivity index (χ2n) is 6.63. The van der Waals surface area contributed by atoms with E-state index in [-0.39, 0.29) is 5.41 Å². The van der Waals surface area contributed by atoms with Gasteiger partial charge in [-0.15, -0.1) is 0 Å². The number of allylic oxidation sites excluding steroid dienone is 2. The van der Waals surface area contributed by atoms with Crippen molar-refractivity contribution in [2.75, 3.05) is 14.1 Å². The first-order chi connectivity index (χ1) is 11.0. The van der Waals surface area contributed by atoms with Gasteiger partial charge in [-0.05, 0) is 52.4 Å². The summed E-state index contributed by atoms with van der Waals surface area (Å²) in [5.41, 5.74) is 4.07. The number of nitrogens with zero attached hydrogens (tertiary/aromatic N) is 1. The molecule has 0 saturated heterocycles. The number of benzene rings is 2. The highest BCUT2D eigenvalue weighted by atomic mass is 15.1. The van der Waals surface area contributed by atoms with Crippen LogP contribution in [0.15, 0.2) is 72.3 Å². The van der Waals surface area contributed by atoms with Gasteiger partial charge in [0.15, 0.2) is 0 Å². The van der Waals surface area contributed by atoms with E-state index in [0.717, 1.165) is 6.42 Å². The van der Waals surface area contributed by atoms with Gasteiger partial charge >= 0.3 is 0 Å². The maximum absolute atomic E-state index is 2.31. The highest BCUT2D eigenvalue weighted by Gasteiger charge is 2.37. The second-order valence-corrected chi connectivity index (χ2v) is 6.63. The number of hydrogen-bond donors (Lipinski definition) is 0. The van der Waals surface area contributed by atoms with E-state index in [1.807, 2.05) is 0 Å². The van der Waals surface area contributed by atoms with Gasteiger partial charge in [0.25, 0.3) is 0 Å². The lowest BCUT2D eigenvalue weighted by atomic mass is 9.66. The largest absolute Gasteiger partial charge is 0.307 e. The first kappa shape index (κ1) is 17.5. The van der Waals surface area contributed by atoms with Crippen LogP contribution in [0.4, 0.5) is 0 Å². The van der Waals surface area contributed by atoms with Crippen LogP contribution in [0.2, 0.25) is 0 Å². The van der Waals surface area contributed by atoms with Gasteiger partial charge in [-0.2, -0.15) is 0 Å². The Bertz CT molecular complexity index is 586. The third-order valence-electron chi connectivity index (χ3n) is 5.12. The van der Waals surface area contributed by atoms with Crippen molar-refractivity contribution in [2.24, 2.45) is 0 Å². The second kappa shape index (κ2) is 7.61. The molecule has 1 heteroatoms. The van der Waals surface area contributed by atoms with Crippen LogP contribution in [-0.4, -0.2) is 25.0 Å². The fourth-order valence-corrected chi connectivity index (χ4v) is 3.34. The molecule has 1 atom stereocenters. The van der Waals surface area contributed by atoms with Crippen LogP contribution in [0.5, 0.6) is 0 Å². The molecular weight excluding hydrogens is 278 g/mol. The molecule has 1 nitrogen and oxygen atoms in total. The van der Waals surface area contributed by atoms with E-state index in [1.54, 1.807) is 0 Å². The predicted molar refractivity (Wildman–Crippen MR) is 101 cm³/mol. The first-order valence-electron chi connectivity index (χ1n) is 8.43. The van der Waals surface area contributed by atoms with Gasteiger partial charge < -0.3 is 4.90 Å². The van der Waals surface area contributed by atoms with Crippen molar-refractivity contribution < 1.29 is 0 Å². The zero-order chi connectivity index (χ0) is 16.9. The van der Waals surface area contributed by atoms with E-state index < -0.39 is 0 Å². The lowest BCUT2D eigenvalue weighted by molar-refractivity contribution is 0.269. The maximum atomic E-state index is 2.31. The Labute approximate surface area is 141 Å². The van der Waals surface area contributed by atoms with Crippen molar-refractivity contribution in [1.82, 2.24) is 4.90 Å². The summed E-state index contributed by atoms with van der Waals surface area (Å²) in [7, 11) is 4.33. The van der Waals surface area contributed by atoms with Crippen molar-refractivity contribution in [3.05, 3.63) is 83.4 Å². The molecule has 1 unspecified atom stereocenters. The summed E-state index contributed by atoms with van der Waals surface area (Å²) in [6.07, 6.45) is 3.33. The van der Waals surface area contributed by atoms with Gasteiger partial charge in [0, 0.05) is 11.5 Å². The Kier molecular flexibility index (Phi) is 5.79. The zero-order valence-electron chi connectivity index (χ0n) is 15.1. The van der Waals surface area contributed by atoms with Crippen LogP contribution >= 0.6 is 0 Å². The van der Waals surface area contributed by atoms with Crippen molar-refractivity contribution in [1.29, 1.82) is 0 Å². The fourth-order valence-electron chi connectivity index (χ4n) is 3.34. The molecule has 2 rings (SSSR count). The van der Waals surface area contributed by atoms with Crippen LogP contribution in [-0.2, 0) is 5.41 Å². The minimum Gasteiger partial charge on any atom is -0.307 e. The van der Waals surface area contributed by atoms with Gasteiger partial charge in [-0.1, -0.05) is 72.3 Å². The van der Waals surface area contributed by atoms with E-state index in [9.17, 15) is 0 Å². The van der Waals surface area contributed by atoms with Crippen molar-refractivity contribution in [3.8, 4) is 0 Å². The van der Waals surface area contributed by atoms with Gasteiger partial charge in [0.1, 0.15) is 0 Å². The lowest BCUT2D eigenvalue weighted by Gasteiger charge is -2.40. The zero-order valence-corrected chi connectivity index (χ0v) is 15.1. The lowest BCUT2D eigenvalue weighted by Crippen LogP contribution is -2.38. The van der Waals surface area contributed by atoms with Crippen molar-refractivity contribution in [2.45, 2.75) is 38.6 Å². The molecule has 0 heterocycles. The Hall–Kier alpha value is -1.86. The molecule has 0 spiro atoms. The van der Waals surface area contributed by atoms with Crippen molar-refractivity contribution in [3.63, 3.8) is 0 Å². The molecule has 0 fully saturated rings. The Morgan fingerprint density at radius 1 is 0.957 bits per heavy atom. The molecule has 0 bridgehead atoms. The molecule has 0 amide bonds. The van der Waals surface area contributed by atoms with Crippen LogP contribution in [0.3, 0.4) is 0 Å². The summed E-state index contributed by atoms with van der Waals surface area (Å²) in [5, 5.41) is 0. The summed E-state index contributed by atoms with van der Waals surface area (Å²) in [5.74, 6) is 0. The molecule has 0 aliphatic heterocycles. The van der Waals surface area contributed by atoms with E-state index >= 15 is 0 Å². The smallest absolute Gasteiger partial charge is 0.0423 e. The third-order valence-corrected chi connectivity index (χ3v) is 5.12. The van der Waals surface area contributed by atoms with E-state index in [1.165, 1.54) is 16.7 Å². The van der Waals surface area contributed by atoms with Gasteiger partial charge in [0.2, 0.25) is 0 Å². The molecule has 0 radical (unpaired) electrons. The van der Waals surface area contributed by atoms with Crippen molar-refractivity contribution >= 4 is 0 Å². The van der Waals surface area contributed by atoms with Gasteiger partial charge in [-0.25, -0.2) is 0 Å². The number of rotatable bonds is 6. The molecule has 0 aromatic heterocycles. The molecule has 0 aliphatic rings. The highest BCUT2D eigenvalue weighted by Crippen LogP contribution is 2.43. The molecule has 2 aromatic carbocycles. The quantitative estimate of drug-likeness (QED) is 0.656. The standard InChI is InChI=1S/C22H29N/c1-6-18(2)22(17-19(3)23(4)5,20-13-9-7-10-14-20)21-15-11-8-12-16-21/h6-16,19H,17H2,1-5H3/b18-6+. The molecule has 122 valence electrons. The molecule has 0 saturated carbocycles. The third kappa shape index (κ3) is 3.56. The van der Waals surface area contributed by atoms with E-state index in [2.05, 4.69) is 107 Å². The predicted octanol–water partition coefficient (Wildman–Crippen LogP) is 5.28. The first-order valence-corrected chi connectivity index (χ1v) is 8.43. The molecule has 0 N–H and O–H groups in total. The number of hydrogen-bond acceptors (Lipinski definition) is 1. The Morgan fingerprint density at radius 2 is 1.39 bits per heavy atom. The average molecular weight is 307 g/mol. The van der Waals surface area contributed by atoms with Gasteiger partial charge in [0.05, 0.1) is 0 Å². The van der Waals surface area contributed by atoms with Crippen LogP contribution in [0, 0.1) is 0 Å². The minimum atomic E-state index is -0.0824. The maximum Gasteiger partial charge on any atom is 0.0423 e. The fraction of sp³-hybridized carbons (Fsp3) is 0.364. The SMILES string of the molecule is C/C=C(\C)C(CC(C)N(C)C)(c1ccccc1)c1ccccc1. The van der Waals surface area contributed by atoms with E-state index in [0.29, 0.717) is 6.04 Å². The topological polar surface area (TPSA) is 3.24 Å². The summed E-state index contributed by atoms with van der Waals surface area (Å²) >= 11 is 0. The minimum absolute atomic E-state index is 0.0824. The van der Waals surface area contributed by atoms with Crippen LogP contribution in [0.1, 0.15) is 38.3 Å². The van der Waals surface area contributed by atoms with E-state index in [4.69, 9.17) is 0 Å². The van der Waals surface area contributed by atoms with Crippen LogP contribution < -0.4 is 0 Å². The molecule has 23 heavy (non-hydrogen) atoms. The van der Waals surface area contributed by atoms with Gasteiger partial charge in [-0.3, -0.25) is 0 Å². The molecule has 2 aromatic rings. The molecule has 0 aliphatic carbocycles. The summed E-state index contributed by atoms with van der Waals surface area (Å²) in [6.45, 7) is 6.72. The summed E-state index contributed by atoms with van der Waals surface area (Å²) in [4.78, 5) is 2.31. The highest BCUT2D eigenvalue weighted by molar-refractivity contribution is 5.48. The molecular formula is C22H29N. The Morgan fingerprint density at radius 3 is 1.74 bits per heavy atom. The monoisotopic (exact) mass is 307 g/mol. The summed E-state index contributed by atoms with van der Waals surface area (Å²) in [6, 6.07) is 22.3.